The number of nitriles is 2. The monoisotopic (exact) mass is 494 g/mol. The molecular formula is C23H27ClN10O. The predicted octanol–water partition coefficient (Wildman–Crippen LogP) is 2.51. The summed E-state index contributed by atoms with van der Waals surface area (Å²) in [5, 5.41) is 22.2. The lowest BCUT2D eigenvalue weighted by Gasteiger charge is -2.22. The van der Waals surface area contributed by atoms with Gasteiger partial charge < -0.3 is 25.8 Å². The van der Waals surface area contributed by atoms with E-state index in [9.17, 15) is 5.26 Å². The number of hydroxylamine groups is 1. The Morgan fingerprint density at radius 3 is 2.77 bits per heavy atom. The Hall–Kier alpha value is -3.64. The zero-order chi connectivity index (χ0) is 24.9. The third-order valence-corrected chi connectivity index (χ3v) is 6.40. The molecule has 1 saturated heterocycles. The van der Waals surface area contributed by atoms with Crippen LogP contribution in [0.25, 0.3) is 0 Å². The average Bonchev–Trinajstić information content (AvgIpc) is 3.38. The molecule has 2 aliphatic rings. The molecular weight excluding hydrogens is 468 g/mol. The lowest BCUT2D eigenvalue weighted by Crippen LogP contribution is -2.35. The molecule has 1 aliphatic carbocycles. The molecule has 0 unspecified atom stereocenters. The van der Waals surface area contributed by atoms with Crippen molar-refractivity contribution in [1.82, 2.24) is 15.4 Å². The summed E-state index contributed by atoms with van der Waals surface area (Å²) in [6.45, 7) is 3.59. The minimum absolute atomic E-state index is 0.0361. The van der Waals surface area contributed by atoms with E-state index in [0.717, 1.165) is 31.5 Å². The first-order chi connectivity index (χ1) is 16.9. The van der Waals surface area contributed by atoms with E-state index in [4.69, 9.17) is 27.4 Å². The Morgan fingerprint density at radius 1 is 1.34 bits per heavy atom. The second-order valence-electron chi connectivity index (χ2n) is 8.53. The van der Waals surface area contributed by atoms with E-state index in [1.165, 1.54) is 6.20 Å². The van der Waals surface area contributed by atoms with Gasteiger partial charge in [-0.3, -0.25) is 4.99 Å². The van der Waals surface area contributed by atoms with Crippen LogP contribution in [0.1, 0.15) is 43.3 Å². The van der Waals surface area contributed by atoms with Crippen LogP contribution in [-0.2, 0) is 4.84 Å². The Morgan fingerprint density at radius 2 is 2.14 bits per heavy atom. The van der Waals surface area contributed by atoms with E-state index in [2.05, 4.69) is 48.6 Å². The fourth-order valence-electron chi connectivity index (χ4n) is 4.05. The fraction of sp³-hybridized carbons (Fsp3) is 0.435. The number of halogens is 1. The molecule has 0 radical (unpaired) electrons. The normalized spacial score (nSPS) is 20.5. The molecule has 1 aromatic carbocycles. The Balaban J connectivity index is 1.61. The van der Waals surface area contributed by atoms with Gasteiger partial charge in [0.15, 0.2) is 17.6 Å². The van der Waals surface area contributed by atoms with Gasteiger partial charge in [0.25, 0.3) is 0 Å². The highest BCUT2D eigenvalue weighted by Crippen LogP contribution is 2.37. The second kappa shape index (κ2) is 10.7. The van der Waals surface area contributed by atoms with Crippen molar-refractivity contribution in [2.75, 3.05) is 30.4 Å². The number of rotatable bonds is 7. The third-order valence-electron chi connectivity index (χ3n) is 6.01. The van der Waals surface area contributed by atoms with Gasteiger partial charge in [0.05, 0.1) is 53.4 Å². The minimum Gasteiger partial charge on any atom is -0.369 e. The molecule has 182 valence electrons. The maximum atomic E-state index is 9.62. The number of anilines is 2. The highest BCUT2D eigenvalue weighted by atomic mass is 35.5. The van der Waals surface area contributed by atoms with Crippen LogP contribution in [0, 0.1) is 28.6 Å². The number of nitrogens with zero attached hydrogens (tertiary/aromatic N) is 6. The molecule has 2 heterocycles. The van der Waals surface area contributed by atoms with E-state index >= 15 is 0 Å². The highest BCUT2D eigenvalue weighted by Gasteiger charge is 2.33. The number of amidine groups is 1. The summed E-state index contributed by atoms with van der Waals surface area (Å²) in [5.74, 6) is 1.06. The summed E-state index contributed by atoms with van der Waals surface area (Å²) in [6, 6.07) is 7.89. The number of aliphatic imine (C=N–C) groups is 2. The molecule has 0 spiro atoms. The van der Waals surface area contributed by atoms with Crippen LogP contribution >= 0.6 is 11.6 Å². The van der Waals surface area contributed by atoms with Crippen molar-refractivity contribution < 1.29 is 4.84 Å². The largest absolute Gasteiger partial charge is 0.369 e. The molecule has 2 aromatic rings. The Labute approximate surface area is 208 Å². The fourth-order valence-corrected chi connectivity index (χ4v) is 4.33. The van der Waals surface area contributed by atoms with E-state index < -0.39 is 0 Å². The van der Waals surface area contributed by atoms with Crippen LogP contribution in [0.3, 0.4) is 0 Å². The van der Waals surface area contributed by atoms with Crippen LogP contribution in [0.2, 0.25) is 5.02 Å². The summed E-state index contributed by atoms with van der Waals surface area (Å²) in [4.78, 5) is 23.3. The van der Waals surface area contributed by atoms with Crippen LogP contribution in [0.4, 0.5) is 11.4 Å². The van der Waals surface area contributed by atoms with Gasteiger partial charge in [-0.2, -0.15) is 21.0 Å². The van der Waals surface area contributed by atoms with Crippen molar-refractivity contribution in [2.24, 2.45) is 21.6 Å². The molecule has 1 aromatic heterocycles. The van der Waals surface area contributed by atoms with Gasteiger partial charge in [-0.1, -0.05) is 18.5 Å². The summed E-state index contributed by atoms with van der Waals surface area (Å²) in [7, 11) is 1.60. The number of H-pyrrole nitrogens is 1. The second-order valence-corrected chi connectivity index (χ2v) is 8.91. The number of hydrogen-bond donors (Lipinski definition) is 4. The smallest absolute Gasteiger partial charge is 0.200 e. The van der Waals surface area contributed by atoms with Crippen LogP contribution < -0.4 is 21.4 Å². The van der Waals surface area contributed by atoms with Gasteiger partial charge in [0.2, 0.25) is 0 Å². The van der Waals surface area contributed by atoms with Gasteiger partial charge in [0, 0.05) is 13.1 Å². The first-order valence-corrected chi connectivity index (χ1v) is 11.7. The summed E-state index contributed by atoms with van der Waals surface area (Å²) in [6.07, 6.45) is 4.32. The molecule has 12 heteroatoms. The third kappa shape index (κ3) is 5.72. The molecule has 35 heavy (non-hydrogen) atoms. The average molecular weight is 495 g/mol. The standard InChI is InChI=1S/C23H27ClN10O/c1-3-14-11-34(12-18(14)33-35-2)19-7-13(8-25)6-17(20(19)24)31-23(27)32-22(29-15-4-5-15)21-28-10-16(9-26)30-21/h6-7,10,14-15,18,33H,3-5,11-12H2,1-2H3,(H,28,30)(H3,27,29,31,32)/t14-,18+/m0/s1. The SMILES string of the molecule is CC[C@H]1CN(c2cc(C#N)cc(NC(N)=NC(=NC3CC3)c3ncc(C#N)[nH]3)c2Cl)C[C@H]1NOC. The quantitative estimate of drug-likeness (QED) is 0.259. The highest BCUT2D eigenvalue weighted by molar-refractivity contribution is 6.36. The van der Waals surface area contributed by atoms with Crippen molar-refractivity contribution in [3.05, 3.63) is 40.4 Å². The number of benzene rings is 1. The molecule has 1 saturated carbocycles. The van der Waals surface area contributed by atoms with Gasteiger partial charge >= 0.3 is 0 Å². The van der Waals surface area contributed by atoms with Crippen molar-refractivity contribution in [2.45, 2.75) is 38.3 Å². The number of guanidine groups is 1. The number of nitrogens with two attached hydrogens (primary N) is 1. The van der Waals surface area contributed by atoms with Crippen LogP contribution in [0.15, 0.2) is 28.3 Å². The molecule has 11 nitrogen and oxygen atoms in total. The molecule has 5 N–H and O–H groups in total. The number of aromatic nitrogens is 2. The first-order valence-electron chi connectivity index (χ1n) is 11.4. The van der Waals surface area contributed by atoms with Crippen molar-refractivity contribution in [3.8, 4) is 12.1 Å². The number of nitrogens with one attached hydrogen (secondary N) is 3. The maximum absolute atomic E-state index is 9.62. The van der Waals surface area contributed by atoms with Crippen molar-refractivity contribution in [1.29, 1.82) is 10.5 Å². The number of imidazole rings is 1. The number of aromatic amines is 1. The van der Waals surface area contributed by atoms with Crippen molar-refractivity contribution in [3.63, 3.8) is 0 Å². The molecule has 2 atom stereocenters. The van der Waals surface area contributed by atoms with Gasteiger partial charge in [-0.15, -0.1) is 0 Å². The summed E-state index contributed by atoms with van der Waals surface area (Å²) < 4.78 is 0. The van der Waals surface area contributed by atoms with E-state index in [-0.39, 0.29) is 18.0 Å². The maximum Gasteiger partial charge on any atom is 0.200 e. The lowest BCUT2D eigenvalue weighted by molar-refractivity contribution is 0.0534. The van der Waals surface area contributed by atoms with E-state index in [1.54, 1.807) is 19.2 Å². The molecule has 0 bridgehead atoms. The van der Waals surface area contributed by atoms with E-state index in [0.29, 0.717) is 46.1 Å². The summed E-state index contributed by atoms with van der Waals surface area (Å²) in [5.41, 5.74) is 11.2. The summed E-state index contributed by atoms with van der Waals surface area (Å²) >= 11 is 6.79. The first kappa shape index (κ1) is 24.5. The lowest BCUT2D eigenvalue weighted by atomic mass is 10.0. The van der Waals surface area contributed by atoms with Gasteiger partial charge in [-0.05, 0) is 37.3 Å². The molecule has 1 aliphatic heterocycles. The minimum atomic E-state index is 0.0361. The van der Waals surface area contributed by atoms with Crippen LogP contribution in [-0.4, -0.2) is 54.0 Å². The Bertz CT molecular complexity index is 1220. The number of hydrogen-bond acceptors (Lipinski definition) is 7. The zero-order valence-electron chi connectivity index (χ0n) is 19.5. The van der Waals surface area contributed by atoms with E-state index in [1.807, 2.05) is 6.07 Å². The van der Waals surface area contributed by atoms with Crippen molar-refractivity contribution >= 4 is 34.8 Å². The molecule has 0 amide bonds. The zero-order valence-corrected chi connectivity index (χ0v) is 20.3. The Kier molecular flexibility index (Phi) is 7.51. The topological polar surface area (TPSA) is 164 Å². The predicted molar refractivity (Wildman–Crippen MR) is 134 cm³/mol. The van der Waals surface area contributed by atoms with Crippen LogP contribution in [0.5, 0.6) is 0 Å². The molecule has 4 rings (SSSR count). The van der Waals surface area contributed by atoms with Gasteiger partial charge in [0.1, 0.15) is 11.8 Å². The van der Waals surface area contributed by atoms with Gasteiger partial charge in [-0.25, -0.2) is 4.98 Å². The molecule has 2 fully saturated rings.